The smallest absolute Gasteiger partial charge is 0.333 e. The van der Waals surface area contributed by atoms with Crippen molar-refractivity contribution in [1.82, 2.24) is 0 Å². The lowest BCUT2D eigenvalue weighted by Gasteiger charge is -2.10. The Morgan fingerprint density at radius 2 is 1.50 bits per heavy atom. The van der Waals surface area contributed by atoms with Crippen LogP contribution in [0.1, 0.15) is 26.3 Å². The van der Waals surface area contributed by atoms with E-state index in [2.05, 4.69) is 6.58 Å². The first-order valence-corrected chi connectivity index (χ1v) is 10.3. The molecule has 0 aliphatic heterocycles. The molecule has 0 heterocycles. The number of hydrogen-bond donors (Lipinski definition) is 0. The van der Waals surface area contributed by atoms with Crippen molar-refractivity contribution in [1.29, 1.82) is 0 Å². The van der Waals surface area contributed by atoms with E-state index >= 15 is 0 Å². The topological polar surface area (TPSA) is 52.6 Å². The van der Waals surface area contributed by atoms with Crippen LogP contribution < -0.4 is 4.74 Å². The highest BCUT2D eigenvalue weighted by molar-refractivity contribution is 5.86. The maximum Gasteiger partial charge on any atom is 0.333 e. The average Bonchev–Trinajstić information content (AvgIpc) is 2.78. The van der Waals surface area contributed by atoms with E-state index in [1.165, 1.54) is 6.07 Å². The molecule has 5 heteroatoms. The van der Waals surface area contributed by atoms with Gasteiger partial charge in [0.2, 0.25) is 0 Å². The molecule has 0 fully saturated rings. The Labute approximate surface area is 187 Å². The summed E-state index contributed by atoms with van der Waals surface area (Å²) < 4.78 is 25.3. The summed E-state index contributed by atoms with van der Waals surface area (Å²) in [6.45, 7) is 8.81. The van der Waals surface area contributed by atoms with Crippen molar-refractivity contribution in [3.8, 4) is 28.0 Å². The second kappa shape index (κ2) is 10.1. The molecule has 32 heavy (non-hydrogen) atoms. The standard InChI is InChI=1S/C27H25FO4/c1-17(2)26(29)31-16-19-5-7-21(8-6-19)24-14-11-22(15-25(24)28)20-9-12-23(13-10-20)32-27(30)18(3)4/h5-15,18H,1,16H2,2-4H3. The summed E-state index contributed by atoms with van der Waals surface area (Å²) in [5.74, 6) is -0.843. The van der Waals surface area contributed by atoms with Gasteiger partial charge in [-0.15, -0.1) is 0 Å². The Hall–Kier alpha value is -3.73. The first-order chi connectivity index (χ1) is 15.2. The molecule has 0 radical (unpaired) electrons. The highest BCUT2D eigenvalue weighted by Gasteiger charge is 2.11. The largest absolute Gasteiger partial charge is 0.457 e. The zero-order chi connectivity index (χ0) is 23.3. The normalized spacial score (nSPS) is 10.7. The van der Waals surface area contributed by atoms with Gasteiger partial charge in [-0.05, 0) is 47.4 Å². The quantitative estimate of drug-likeness (QED) is 0.248. The molecule has 0 bridgehead atoms. The van der Waals surface area contributed by atoms with Gasteiger partial charge in [0, 0.05) is 11.1 Å². The third-order valence-electron chi connectivity index (χ3n) is 4.83. The summed E-state index contributed by atoms with van der Waals surface area (Å²) in [7, 11) is 0. The first-order valence-electron chi connectivity index (χ1n) is 10.3. The van der Waals surface area contributed by atoms with Gasteiger partial charge in [0.1, 0.15) is 18.2 Å². The van der Waals surface area contributed by atoms with E-state index in [0.717, 1.165) is 22.3 Å². The lowest BCUT2D eigenvalue weighted by molar-refractivity contribution is -0.140. The number of hydrogen-bond acceptors (Lipinski definition) is 4. The summed E-state index contributed by atoms with van der Waals surface area (Å²) in [4.78, 5) is 23.2. The zero-order valence-electron chi connectivity index (χ0n) is 18.4. The van der Waals surface area contributed by atoms with Crippen LogP contribution in [0.5, 0.6) is 5.75 Å². The van der Waals surface area contributed by atoms with E-state index in [-0.39, 0.29) is 24.3 Å². The molecule has 0 spiro atoms. The van der Waals surface area contributed by atoms with Gasteiger partial charge < -0.3 is 9.47 Å². The van der Waals surface area contributed by atoms with E-state index in [1.807, 2.05) is 6.07 Å². The molecule has 3 aromatic carbocycles. The molecule has 0 aliphatic rings. The number of rotatable bonds is 7. The van der Waals surface area contributed by atoms with E-state index in [9.17, 15) is 14.0 Å². The lowest BCUT2D eigenvalue weighted by atomic mass is 9.99. The molecule has 0 aliphatic carbocycles. The van der Waals surface area contributed by atoms with E-state index in [0.29, 0.717) is 16.9 Å². The Bertz CT molecular complexity index is 1130. The summed E-state index contributed by atoms with van der Waals surface area (Å²) in [5, 5.41) is 0. The fourth-order valence-electron chi connectivity index (χ4n) is 2.93. The average molecular weight is 432 g/mol. The van der Waals surface area contributed by atoms with Gasteiger partial charge in [0.25, 0.3) is 0 Å². The van der Waals surface area contributed by atoms with Gasteiger partial charge in [0.15, 0.2) is 0 Å². The molecule has 3 rings (SSSR count). The molecule has 4 nitrogen and oxygen atoms in total. The first kappa shape index (κ1) is 22.9. The van der Waals surface area contributed by atoms with Crippen LogP contribution in [0.25, 0.3) is 22.3 Å². The molecule has 0 unspecified atom stereocenters. The second-order valence-electron chi connectivity index (χ2n) is 7.85. The van der Waals surface area contributed by atoms with Gasteiger partial charge in [0.05, 0.1) is 5.92 Å². The predicted molar refractivity (Wildman–Crippen MR) is 122 cm³/mol. The number of ether oxygens (including phenoxy) is 2. The number of esters is 2. The fraction of sp³-hybridized carbons (Fsp3) is 0.185. The van der Waals surface area contributed by atoms with Crippen molar-refractivity contribution in [2.45, 2.75) is 27.4 Å². The minimum atomic E-state index is -0.443. The molecule has 0 amide bonds. The molecule has 0 saturated carbocycles. The maximum absolute atomic E-state index is 14.9. The number of halogens is 1. The SMILES string of the molecule is C=C(C)C(=O)OCc1ccc(-c2ccc(-c3ccc(OC(=O)C(C)C)cc3)cc2F)cc1. The summed E-state index contributed by atoms with van der Waals surface area (Å²) in [6.07, 6.45) is 0. The van der Waals surface area contributed by atoms with Crippen molar-refractivity contribution in [2.75, 3.05) is 0 Å². The predicted octanol–water partition coefficient (Wildman–Crippen LogP) is 6.34. The van der Waals surface area contributed by atoms with Gasteiger partial charge in [-0.2, -0.15) is 0 Å². The van der Waals surface area contributed by atoms with Gasteiger partial charge in [-0.3, -0.25) is 4.79 Å². The number of carbonyl (C=O) groups is 2. The van der Waals surface area contributed by atoms with Gasteiger partial charge in [-0.25, -0.2) is 9.18 Å². The zero-order valence-corrected chi connectivity index (χ0v) is 18.4. The van der Waals surface area contributed by atoms with Crippen LogP contribution in [0.15, 0.2) is 78.9 Å². The molecule has 0 N–H and O–H groups in total. The molecule has 3 aromatic rings. The second-order valence-corrected chi connectivity index (χ2v) is 7.85. The van der Waals surface area contributed by atoms with Crippen LogP contribution in [0.2, 0.25) is 0 Å². The minimum Gasteiger partial charge on any atom is -0.457 e. The summed E-state index contributed by atoms with van der Waals surface area (Å²) >= 11 is 0. The summed E-state index contributed by atoms with van der Waals surface area (Å²) in [5.41, 5.74) is 3.88. The maximum atomic E-state index is 14.9. The molecular weight excluding hydrogens is 407 g/mol. The Balaban J connectivity index is 1.72. The van der Waals surface area contributed by atoms with E-state index in [4.69, 9.17) is 9.47 Å². The number of carbonyl (C=O) groups excluding carboxylic acids is 2. The molecule has 164 valence electrons. The Morgan fingerprint density at radius 1 is 0.906 bits per heavy atom. The summed E-state index contributed by atoms with van der Waals surface area (Å²) in [6, 6.07) is 19.2. The molecule has 0 atom stereocenters. The van der Waals surface area contributed by atoms with Crippen molar-refractivity contribution >= 4 is 11.9 Å². The van der Waals surface area contributed by atoms with Crippen LogP contribution in [-0.2, 0) is 20.9 Å². The monoisotopic (exact) mass is 432 g/mol. The van der Waals surface area contributed by atoms with Crippen molar-refractivity contribution in [2.24, 2.45) is 5.92 Å². The third kappa shape index (κ3) is 5.70. The van der Waals surface area contributed by atoms with Gasteiger partial charge >= 0.3 is 11.9 Å². The molecule has 0 aromatic heterocycles. The van der Waals surface area contributed by atoms with Crippen LogP contribution in [0.3, 0.4) is 0 Å². The lowest BCUT2D eigenvalue weighted by Crippen LogP contribution is -2.14. The Kier molecular flexibility index (Phi) is 7.21. The van der Waals surface area contributed by atoms with E-state index in [1.54, 1.807) is 75.4 Å². The van der Waals surface area contributed by atoms with Crippen molar-refractivity contribution < 1.29 is 23.5 Å². The molecular formula is C27H25FO4. The highest BCUT2D eigenvalue weighted by atomic mass is 19.1. The number of benzene rings is 3. The van der Waals surface area contributed by atoms with Crippen LogP contribution >= 0.6 is 0 Å². The van der Waals surface area contributed by atoms with Gasteiger partial charge in [-0.1, -0.05) is 69.0 Å². The fourth-order valence-corrected chi connectivity index (χ4v) is 2.93. The minimum absolute atomic E-state index is 0.135. The van der Waals surface area contributed by atoms with E-state index < -0.39 is 5.97 Å². The van der Waals surface area contributed by atoms with Crippen LogP contribution in [0.4, 0.5) is 4.39 Å². The van der Waals surface area contributed by atoms with Crippen LogP contribution in [0, 0.1) is 11.7 Å². The van der Waals surface area contributed by atoms with Crippen molar-refractivity contribution in [3.63, 3.8) is 0 Å². The third-order valence-corrected chi connectivity index (χ3v) is 4.83. The highest BCUT2D eigenvalue weighted by Crippen LogP contribution is 2.29. The molecule has 0 saturated heterocycles. The van der Waals surface area contributed by atoms with Crippen molar-refractivity contribution in [3.05, 3.63) is 90.3 Å². The van der Waals surface area contributed by atoms with Crippen LogP contribution in [-0.4, -0.2) is 11.9 Å². The Morgan fingerprint density at radius 3 is 2.06 bits per heavy atom.